The average Bonchev–Trinajstić information content (AvgIpc) is 2.63. The number of hydrogen-bond donors (Lipinski definition) is 1. The summed E-state index contributed by atoms with van der Waals surface area (Å²) in [6.07, 6.45) is 0. The number of ether oxygens (including phenoxy) is 1. The molecule has 2 aromatic rings. The highest BCUT2D eigenvalue weighted by molar-refractivity contribution is 7.89. The minimum atomic E-state index is -3.52. The molecule has 0 aliphatic carbocycles. The van der Waals surface area contributed by atoms with Gasteiger partial charge in [-0.3, -0.25) is 0 Å². The minimum Gasteiger partial charge on any atom is -0.378 e. The molecular formula is C18H22N2O3S. The second-order valence-corrected chi connectivity index (χ2v) is 7.56. The van der Waals surface area contributed by atoms with Gasteiger partial charge in [-0.25, -0.2) is 13.1 Å². The summed E-state index contributed by atoms with van der Waals surface area (Å²) < 4.78 is 32.9. The van der Waals surface area contributed by atoms with Crippen LogP contribution < -0.4 is 9.62 Å². The van der Waals surface area contributed by atoms with Crippen LogP contribution in [0.25, 0.3) is 0 Å². The number of sulfonamides is 1. The highest BCUT2D eigenvalue weighted by atomic mass is 32.2. The molecule has 0 aromatic heterocycles. The van der Waals surface area contributed by atoms with Crippen LogP contribution in [0.3, 0.4) is 0 Å². The van der Waals surface area contributed by atoms with Gasteiger partial charge in [0, 0.05) is 24.8 Å². The van der Waals surface area contributed by atoms with E-state index >= 15 is 0 Å². The van der Waals surface area contributed by atoms with Crippen LogP contribution in [0.2, 0.25) is 0 Å². The molecule has 24 heavy (non-hydrogen) atoms. The highest BCUT2D eigenvalue weighted by Crippen LogP contribution is 2.21. The Morgan fingerprint density at radius 2 is 1.62 bits per heavy atom. The predicted octanol–water partition coefficient (Wildman–Crippen LogP) is 2.56. The number of nitrogens with zero attached hydrogens (tertiary/aromatic N) is 1. The van der Waals surface area contributed by atoms with Crippen molar-refractivity contribution >= 4 is 15.7 Å². The molecule has 128 valence electrons. The van der Waals surface area contributed by atoms with Gasteiger partial charge in [-0.05, 0) is 36.8 Å². The average molecular weight is 346 g/mol. The van der Waals surface area contributed by atoms with Crippen molar-refractivity contribution < 1.29 is 13.2 Å². The maximum atomic E-state index is 12.4. The SMILES string of the molecule is C[C@@H](NS(=O)(=O)c1ccccc1)c1ccc(N2CCOCC2)cc1. The Labute approximate surface area is 143 Å². The lowest BCUT2D eigenvalue weighted by Crippen LogP contribution is -2.36. The first-order chi connectivity index (χ1) is 11.6. The molecule has 1 atom stereocenters. The molecule has 0 saturated carbocycles. The summed E-state index contributed by atoms with van der Waals surface area (Å²) in [7, 11) is -3.52. The zero-order valence-corrected chi connectivity index (χ0v) is 14.5. The molecule has 1 N–H and O–H groups in total. The maximum Gasteiger partial charge on any atom is 0.241 e. The second kappa shape index (κ2) is 7.34. The van der Waals surface area contributed by atoms with Crippen molar-refractivity contribution in [1.82, 2.24) is 4.72 Å². The number of nitrogens with one attached hydrogen (secondary N) is 1. The third-order valence-electron chi connectivity index (χ3n) is 4.15. The van der Waals surface area contributed by atoms with Gasteiger partial charge < -0.3 is 9.64 Å². The van der Waals surface area contributed by atoms with Gasteiger partial charge in [-0.2, -0.15) is 0 Å². The number of morpholine rings is 1. The third kappa shape index (κ3) is 3.95. The molecule has 1 aliphatic rings. The van der Waals surface area contributed by atoms with Gasteiger partial charge in [0.25, 0.3) is 0 Å². The summed E-state index contributed by atoms with van der Waals surface area (Å²) >= 11 is 0. The van der Waals surface area contributed by atoms with Gasteiger partial charge in [0.1, 0.15) is 0 Å². The smallest absolute Gasteiger partial charge is 0.241 e. The summed E-state index contributed by atoms with van der Waals surface area (Å²) in [5.41, 5.74) is 2.08. The van der Waals surface area contributed by atoms with E-state index in [1.807, 2.05) is 31.2 Å². The molecule has 5 nitrogen and oxygen atoms in total. The normalized spacial score (nSPS) is 16.8. The van der Waals surface area contributed by atoms with Crippen molar-refractivity contribution in [2.75, 3.05) is 31.2 Å². The molecular weight excluding hydrogens is 324 g/mol. The van der Waals surface area contributed by atoms with E-state index in [9.17, 15) is 8.42 Å². The largest absolute Gasteiger partial charge is 0.378 e. The zero-order valence-electron chi connectivity index (χ0n) is 13.7. The molecule has 3 rings (SSSR count). The van der Waals surface area contributed by atoms with Crippen LogP contribution in [0.15, 0.2) is 59.5 Å². The van der Waals surface area contributed by atoms with E-state index in [1.165, 1.54) is 0 Å². The van der Waals surface area contributed by atoms with Gasteiger partial charge in [-0.1, -0.05) is 30.3 Å². The van der Waals surface area contributed by atoms with Crippen LogP contribution in [-0.4, -0.2) is 34.7 Å². The number of rotatable bonds is 5. The lowest BCUT2D eigenvalue weighted by Gasteiger charge is -2.29. The Balaban J connectivity index is 1.70. The van der Waals surface area contributed by atoms with Crippen LogP contribution in [0.5, 0.6) is 0 Å². The molecule has 0 spiro atoms. The monoisotopic (exact) mass is 346 g/mol. The van der Waals surface area contributed by atoms with Crippen molar-refractivity contribution in [2.24, 2.45) is 0 Å². The molecule has 6 heteroatoms. The first-order valence-electron chi connectivity index (χ1n) is 8.06. The Bertz CT molecular complexity index is 755. The van der Waals surface area contributed by atoms with Crippen molar-refractivity contribution in [1.29, 1.82) is 0 Å². The van der Waals surface area contributed by atoms with E-state index in [0.717, 1.165) is 37.6 Å². The Morgan fingerprint density at radius 3 is 2.25 bits per heavy atom. The number of hydrogen-bond acceptors (Lipinski definition) is 4. The van der Waals surface area contributed by atoms with Gasteiger partial charge in [0.05, 0.1) is 18.1 Å². The molecule has 1 heterocycles. The summed E-state index contributed by atoms with van der Waals surface area (Å²) in [6.45, 7) is 5.11. The molecule has 0 radical (unpaired) electrons. The molecule has 1 saturated heterocycles. The first kappa shape index (κ1) is 17.0. The van der Waals surface area contributed by atoms with Gasteiger partial charge in [0.15, 0.2) is 0 Å². The zero-order chi connectivity index (χ0) is 17.0. The fourth-order valence-electron chi connectivity index (χ4n) is 2.76. The van der Waals surface area contributed by atoms with E-state index in [0.29, 0.717) is 0 Å². The first-order valence-corrected chi connectivity index (χ1v) is 9.54. The summed E-state index contributed by atoms with van der Waals surface area (Å²) in [5.74, 6) is 0. The van der Waals surface area contributed by atoms with Gasteiger partial charge >= 0.3 is 0 Å². The van der Waals surface area contributed by atoms with Crippen molar-refractivity contribution in [2.45, 2.75) is 17.9 Å². The Kier molecular flexibility index (Phi) is 5.18. The topological polar surface area (TPSA) is 58.6 Å². The van der Waals surface area contributed by atoms with Crippen LogP contribution >= 0.6 is 0 Å². The number of anilines is 1. The fourth-order valence-corrected chi connectivity index (χ4v) is 4.02. The van der Waals surface area contributed by atoms with E-state index in [1.54, 1.807) is 30.3 Å². The molecule has 1 fully saturated rings. The van der Waals surface area contributed by atoms with Gasteiger partial charge in [-0.15, -0.1) is 0 Å². The molecule has 2 aromatic carbocycles. The van der Waals surface area contributed by atoms with E-state index in [-0.39, 0.29) is 10.9 Å². The third-order valence-corrected chi connectivity index (χ3v) is 5.71. The quantitative estimate of drug-likeness (QED) is 0.904. The summed E-state index contributed by atoms with van der Waals surface area (Å²) in [6, 6.07) is 16.1. The molecule has 0 amide bonds. The lowest BCUT2D eigenvalue weighted by molar-refractivity contribution is 0.122. The van der Waals surface area contributed by atoms with Crippen molar-refractivity contribution in [3.63, 3.8) is 0 Å². The lowest BCUT2D eigenvalue weighted by atomic mass is 10.1. The van der Waals surface area contributed by atoms with Crippen LogP contribution in [0.1, 0.15) is 18.5 Å². The predicted molar refractivity (Wildman–Crippen MR) is 94.7 cm³/mol. The Hall–Kier alpha value is -1.89. The fraction of sp³-hybridized carbons (Fsp3) is 0.333. The van der Waals surface area contributed by atoms with Gasteiger partial charge in [0.2, 0.25) is 10.0 Å². The molecule has 0 unspecified atom stereocenters. The number of benzene rings is 2. The second-order valence-electron chi connectivity index (χ2n) is 5.85. The minimum absolute atomic E-state index is 0.279. The van der Waals surface area contributed by atoms with E-state index in [4.69, 9.17) is 4.74 Å². The van der Waals surface area contributed by atoms with Crippen molar-refractivity contribution in [3.8, 4) is 0 Å². The van der Waals surface area contributed by atoms with Crippen LogP contribution in [0, 0.1) is 0 Å². The molecule has 1 aliphatic heterocycles. The van der Waals surface area contributed by atoms with E-state index in [2.05, 4.69) is 9.62 Å². The van der Waals surface area contributed by atoms with Crippen molar-refractivity contribution in [3.05, 3.63) is 60.2 Å². The highest BCUT2D eigenvalue weighted by Gasteiger charge is 2.18. The molecule has 0 bridgehead atoms. The summed E-state index contributed by atoms with van der Waals surface area (Å²) in [4.78, 5) is 2.55. The van der Waals surface area contributed by atoms with E-state index < -0.39 is 10.0 Å². The standard InChI is InChI=1S/C18H22N2O3S/c1-15(19-24(21,22)18-5-3-2-4-6-18)16-7-9-17(10-8-16)20-11-13-23-14-12-20/h2-10,15,19H,11-14H2,1H3/t15-/m1/s1. The Morgan fingerprint density at radius 1 is 1.00 bits per heavy atom. The van der Waals surface area contributed by atoms with Crippen LogP contribution in [0.4, 0.5) is 5.69 Å². The van der Waals surface area contributed by atoms with Crippen LogP contribution in [-0.2, 0) is 14.8 Å². The maximum absolute atomic E-state index is 12.4. The summed E-state index contributed by atoms with van der Waals surface area (Å²) in [5, 5.41) is 0.